The number of hydrogen-bond donors (Lipinski definition) is 2. The first-order valence-electron chi connectivity index (χ1n) is 4.99. The predicted octanol–water partition coefficient (Wildman–Crippen LogP) is 2.76. The van der Waals surface area contributed by atoms with Gasteiger partial charge in [0.1, 0.15) is 0 Å². The Bertz CT molecular complexity index is 345. The Balaban J connectivity index is 2.27. The normalized spacial score (nSPS) is 20.0. The lowest BCUT2D eigenvalue weighted by Gasteiger charge is -2.20. The van der Waals surface area contributed by atoms with Gasteiger partial charge in [0.2, 0.25) is 0 Å². The SMILES string of the molecule is N[C@H](c1c(Cl)cccc1Cl)[C@@H](O)C1CC1. The minimum absolute atomic E-state index is 0.312. The molecular weight excluding hydrogens is 233 g/mol. The van der Waals surface area contributed by atoms with Gasteiger partial charge in [-0.3, -0.25) is 0 Å². The van der Waals surface area contributed by atoms with E-state index in [2.05, 4.69) is 0 Å². The highest BCUT2D eigenvalue weighted by Gasteiger charge is 2.35. The molecule has 1 aliphatic carbocycles. The van der Waals surface area contributed by atoms with Crippen molar-refractivity contribution in [1.82, 2.24) is 0 Å². The van der Waals surface area contributed by atoms with E-state index in [0.717, 1.165) is 12.8 Å². The average molecular weight is 246 g/mol. The lowest BCUT2D eigenvalue weighted by atomic mass is 9.99. The van der Waals surface area contributed by atoms with Gasteiger partial charge < -0.3 is 10.8 Å². The standard InChI is InChI=1S/C11H13Cl2NO/c12-7-2-1-3-8(13)9(7)10(14)11(15)6-4-5-6/h1-3,6,10-11,15H,4-5,14H2/t10-,11+/m1/s1. The lowest BCUT2D eigenvalue weighted by molar-refractivity contribution is 0.122. The van der Waals surface area contributed by atoms with E-state index in [1.54, 1.807) is 18.2 Å². The molecule has 1 aromatic carbocycles. The van der Waals surface area contributed by atoms with Gasteiger partial charge in [0.25, 0.3) is 0 Å². The molecule has 1 aromatic rings. The van der Waals surface area contributed by atoms with E-state index >= 15 is 0 Å². The number of nitrogens with two attached hydrogens (primary N) is 1. The minimum atomic E-state index is -0.539. The summed E-state index contributed by atoms with van der Waals surface area (Å²) in [7, 11) is 0. The monoisotopic (exact) mass is 245 g/mol. The van der Waals surface area contributed by atoms with Crippen molar-refractivity contribution in [3.63, 3.8) is 0 Å². The molecule has 4 heteroatoms. The summed E-state index contributed by atoms with van der Waals surface area (Å²) in [4.78, 5) is 0. The van der Waals surface area contributed by atoms with Crippen molar-refractivity contribution in [2.75, 3.05) is 0 Å². The molecule has 2 atom stereocenters. The maximum Gasteiger partial charge on any atom is 0.0761 e. The highest BCUT2D eigenvalue weighted by molar-refractivity contribution is 6.36. The molecule has 0 amide bonds. The van der Waals surface area contributed by atoms with E-state index < -0.39 is 12.1 Å². The first-order chi connectivity index (χ1) is 7.11. The highest BCUT2D eigenvalue weighted by atomic mass is 35.5. The third kappa shape index (κ3) is 2.28. The summed E-state index contributed by atoms with van der Waals surface area (Å²) in [5.74, 6) is 0.312. The summed E-state index contributed by atoms with van der Waals surface area (Å²) >= 11 is 12.0. The van der Waals surface area contributed by atoms with Gasteiger partial charge in [0.15, 0.2) is 0 Å². The Morgan fingerprint density at radius 2 is 1.80 bits per heavy atom. The van der Waals surface area contributed by atoms with Crippen molar-refractivity contribution < 1.29 is 5.11 Å². The molecule has 15 heavy (non-hydrogen) atoms. The molecule has 3 N–H and O–H groups in total. The van der Waals surface area contributed by atoms with Crippen molar-refractivity contribution in [3.05, 3.63) is 33.8 Å². The fourth-order valence-corrected chi connectivity index (χ4v) is 2.38. The zero-order chi connectivity index (χ0) is 11.0. The van der Waals surface area contributed by atoms with Crippen LogP contribution in [0.25, 0.3) is 0 Å². The first-order valence-corrected chi connectivity index (χ1v) is 5.74. The van der Waals surface area contributed by atoms with Crippen LogP contribution in [-0.2, 0) is 0 Å². The van der Waals surface area contributed by atoms with Gasteiger partial charge >= 0.3 is 0 Å². The molecule has 2 nitrogen and oxygen atoms in total. The Morgan fingerprint density at radius 1 is 1.27 bits per heavy atom. The van der Waals surface area contributed by atoms with Crippen LogP contribution in [0.15, 0.2) is 18.2 Å². The molecule has 0 spiro atoms. The molecular formula is C11H13Cl2NO. The summed E-state index contributed by atoms with van der Waals surface area (Å²) in [6.45, 7) is 0. The molecule has 0 unspecified atom stereocenters. The van der Waals surface area contributed by atoms with Crippen molar-refractivity contribution in [2.24, 2.45) is 11.7 Å². The molecule has 0 radical (unpaired) electrons. The van der Waals surface area contributed by atoms with Crippen LogP contribution >= 0.6 is 23.2 Å². The second-order valence-electron chi connectivity index (χ2n) is 3.99. The van der Waals surface area contributed by atoms with Crippen LogP contribution in [-0.4, -0.2) is 11.2 Å². The Hall–Kier alpha value is -0.280. The average Bonchev–Trinajstić information content (AvgIpc) is 2.99. The van der Waals surface area contributed by atoms with E-state index in [9.17, 15) is 5.11 Å². The summed E-state index contributed by atoms with van der Waals surface area (Å²) in [5.41, 5.74) is 6.62. The van der Waals surface area contributed by atoms with Crippen molar-refractivity contribution in [3.8, 4) is 0 Å². The molecule has 0 aromatic heterocycles. The second-order valence-corrected chi connectivity index (χ2v) is 4.80. The largest absolute Gasteiger partial charge is 0.391 e. The number of aliphatic hydroxyl groups excluding tert-OH is 1. The lowest BCUT2D eigenvalue weighted by Crippen LogP contribution is -2.28. The Kier molecular flexibility index (Phi) is 3.21. The van der Waals surface area contributed by atoms with E-state index in [-0.39, 0.29) is 0 Å². The van der Waals surface area contributed by atoms with Gasteiger partial charge in [-0.15, -0.1) is 0 Å². The van der Waals surface area contributed by atoms with Crippen LogP contribution < -0.4 is 5.73 Å². The van der Waals surface area contributed by atoms with Crippen LogP contribution in [0.2, 0.25) is 10.0 Å². The van der Waals surface area contributed by atoms with E-state index in [1.165, 1.54) is 0 Å². The highest BCUT2D eigenvalue weighted by Crippen LogP contribution is 2.40. The Labute approximate surface area is 99.0 Å². The van der Waals surface area contributed by atoms with Gasteiger partial charge in [-0.25, -0.2) is 0 Å². The molecule has 0 aliphatic heterocycles. The summed E-state index contributed by atoms with van der Waals surface area (Å²) in [6.07, 6.45) is 1.54. The van der Waals surface area contributed by atoms with Crippen LogP contribution in [0, 0.1) is 5.92 Å². The molecule has 0 saturated heterocycles. The zero-order valence-corrected chi connectivity index (χ0v) is 9.67. The summed E-state index contributed by atoms with van der Waals surface area (Å²) in [5, 5.41) is 11.0. The number of aliphatic hydroxyl groups is 1. The van der Waals surface area contributed by atoms with Crippen LogP contribution in [0.3, 0.4) is 0 Å². The van der Waals surface area contributed by atoms with Crippen molar-refractivity contribution in [2.45, 2.75) is 25.0 Å². The third-order valence-corrected chi connectivity index (χ3v) is 3.47. The minimum Gasteiger partial charge on any atom is -0.391 e. The third-order valence-electron chi connectivity index (χ3n) is 2.81. The first kappa shape index (κ1) is 11.2. The molecule has 1 saturated carbocycles. The summed E-state index contributed by atoms with van der Waals surface area (Å²) < 4.78 is 0. The molecule has 82 valence electrons. The van der Waals surface area contributed by atoms with E-state index in [4.69, 9.17) is 28.9 Å². The maximum atomic E-state index is 9.92. The fourth-order valence-electron chi connectivity index (χ4n) is 1.73. The predicted molar refractivity (Wildman–Crippen MR) is 62.1 cm³/mol. The molecule has 0 bridgehead atoms. The number of benzene rings is 1. The van der Waals surface area contributed by atoms with Crippen LogP contribution in [0.5, 0.6) is 0 Å². The van der Waals surface area contributed by atoms with Gasteiger partial charge in [-0.2, -0.15) is 0 Å². The molecule has 1 aliphatic rings. The fraction of sp³-hybridized carbons (Fsp3) is 0.455. The van der Waals surface area contributed by atoms with Crippen LogP contribution in [0.4, 0.5) is 0 Å². The summed E-state index contributed by atoms with van der Waals surface area (Å²) in [6, 6.07) is 4.76. The van der Waals surface area contributed by atoms with E-state index in [1.807, 2.05) is 0 Å². The van der Waals surface area contributed by atoms with E-state index in [0.29, 0.717) is 21.5 Å². The number of rotatable bonds is 3. The topological polar surface area (TPSA) is 46.2 Å². The number of halogens is 2. The smallest absolute Gasteiger partial charge is 0.0761 e. The van der Waals surface area contributed by atoms with Gasteiger partial charge in [-0.1, -0.05) is 29.3 Å². The van der Waals surface area contributed by atoms with Gasteiger partial charge in [0.05, 0.1) is 12.1 Å². The Morgan fingerprint density at radius 3 is 2.27 bits per heavy atom. The molecule has 0 heterocycles. The quantitative estimate of drug-likeness (QED) is 0.861. The second kappa shape index (κ2) is 4.30. The molecule has 2 rings (SSSR count). The van der Waals surface area contributed by atoms with Crippen LogP contribution in [0.1, 0.15) is 24.4 Å². The maximum absolute atomic E-state index is 9.92. The molecule has 1 fully saturated rings. The van der Waals surface area contributed by atoms with Gasteiger partial charge in [-0.05, 0) is 30.9 Å². The van der Waals surface area contributed by atoms with Gasteiger partial charge in [0, 0.05) is 15.6 Å². The number of hydrogen-bond acceptors (Lipinski definition) is 2. The van der Waals surface area contributed by atoms with Crippen molar-refractivity contribution in [1.29, 1.82) is 0 Å². The zero-order valence-electron chi connectivity index (χ0n) is 8.16. The van der Waals surface area contributed by atoms with Crippen molar-refractivity contribution >= 4 is 23.2 Å².